The lowest BCUT2D eigenvalue weighted by molar-refractivity contribution is 0.279. The molecule has 5 heteroatoms. The third-order valence-electron chi connectivity index (χ3n) is 5.95. The van der Waals surface area contributed by atoms with E-state index in [0.717, 1.165) is 18.2 Å². The van der Waals surface area contributed by atoms with E-state index in [1.807, 2.05) is 0 Å². The Bertz CT molecular complexity index is 673. The molecule has 1 aliphatic heterocycles. The molecule has 3 N–H and O–H groups in total. The van der Waals surface area contributed by atoms with Crippen molar-refractivity contribution < 1.29 is 0 Å². The van der Waals surface area contributed by atoms with E-state index in [9.17, 15) is 10.5 Å². The van der Waals surface area contributed by atoms with Crippen LogP contribution in [0.3, 0.4) is 0 Å². The first kappa shape index (κ1) is 13.0. The van der Waals surface area contributed by atoms with Gasteiger partial charge in [0.05, 0.1) is 27.8 Å². The van der Waals surface area contributed by atoms with E-state index in [-0.39, 0.29) is 5.92 Å². The number of allylic oxidation sites excluding steroid dienone is 3. The third kappa shape index (κ3) is 1.53. The first-order valence-corrected chi connectivity index (χ1v) is 8.18. The molecule has 1 heterocycles. The summed E-state index contributed by atoms with van der Waals surface area (Å²) in [5.74, 6) is 0.672. The van der Waals surface area contributed by atoms with Gasteiger partial charge in [0.1, 0.15) is 5.92 Å². The highest BCUT2D eigenvalue weighted by Crippen LogP contribution is 2.72. The van der Waals surface area contributed by atoms with Crippen molar-refractivity contribution in [1.82, 2.24) is 0 Å². The van der Waals surface area contributed by atoms with Crippen LogP contribution in [0.1, 0.15) is 19.3 Å². The first-order valence-electron chi connectivity index (χ1n) is 7.36. The van der Waals surface area contributed by atoms with E-state index in [2.05, 4.69) is 24.3 Å². The van der Waals surface area contributed by atoms with E-state index in [1.165, 1.54) is 12.8 Å². The Morgan fingerprint density at radius 3 is 2.67 bits per heavy atom. The maximum Gasteiger partial charge on any atom is 0.102 e. The SMILES string of the molecule is N#CC1=C(N)SC(=N)[C@@H](C#N)[C@H]1[C@H]1C[C@H]2C=C[C@@H]1C21CC1. The van der Waals surface area contributed by atoms with Crippen molar-refractivity contribution in [3.8, 4) is 12.1 Å². The molecule has 4 nitrogen and oxygen atoms in total. The molecule has 2 saturated carbocycles. The van der Waals surface area contributed by atoms with E-state index < -0.39 is 5.92 Å². The number of hydrogen-bond acceptors (Lipinski definition) is 5. The summed E-state index contributed by atoms with van der Waals surface area (Å²) in [6.07, 6.45) is 8.21. The molecule has 4 rings (SSSR count). The van der Waals surface area contributed by atoms with Gasteiger partial charge in [-0.15, -0.1) is 0 Å². The van der Waals surface area contributed by atoms with Gasteiger partial charge in [-0.05, 0) is 42.4 Å². The Balaban J connectivity index is 1.77. The second-order valence-electron chi connectivity index (χ2n) is 6.64. The van der Waals surface area contributed by atoms with Gasteiger partial charge in [-0.1, -0.05) is 23.9 Å². The molecule has 2 bridgehead atoms. The van der Waals surface area contributed by atoms with Crippen LogP contribution in [0.25, 0.3) is 0 Å². The summed E-state index contributed by atoms with van der Waals surface area (Å²) in [4.78, 5) is 0. The van der Waals surface area contributed by atoms with Crippen molar-refractivity contribution in [3.63, 3.8) is 0 Å². The summed E-state index contributed by atoms with van der Waals surface area (Å²) in [6.45, 7) is 0. The Kier molecular flexibility index (Phi) is 2.56. The maximum atomic E-state index is 9.51. The van der Waals surface area contributed by atoms with Crippen LogP contribution in [-0.4, -0.2) is 5.04 Å². The van der Waals surface area contributed by atoms with Crippen molar-refractivity contribution in [3.05, 3.63) is 22.8 Å². The summed E-state index contributed by atoms with van der Waals surface area (Å²) in [5, 5.41) is 27.8. The minimum Gasteiger partial charge on any atom is -0.392 e. The molecule has 21 heavy (non-hydrogen) atoms. The highest BCUT2D eigenvalue weighted by Gasteiger charge is 2.65. The number of nitriles is 2. The van der Waals surface area contributed by atoms with Gasteiger partial charge in [-0.2, -0.15) is 10.5 Å². The van der Waals surface area contributed by atoms with Crippen molar-refractivity contribution in [1.29, 1.82) is 15.9 Å². The van der Waals surface area contributed by atoms with E-state index in [4.69, 9.17) is 11.1 Å². The predicted molar refractivity (Wildman–Crippen MR) is 80.6 cm³/mol. The fourth-order valence-corrected chi connectivity index (χ4v) is 5.74. The molecular weight excluding hydrogens is 280 g/mol. The van der Waals surface area contributed by atoms with Gasteiger partial charge >= 0.3 is 0 Å². The van der Waals surface area contributed by atoms with Crippen LogP contribution in [0.2, 0.25) is 0 Å². The van der Waals surface area contributed by atoms with Gasteiger partial charge < -0.3 is 5.73 Å². The van der Waals surface area contributed by atoms with Gasteiger partial charge in [0.25, 0.3) is 0 Å². The maximum absolute atomic E-state index is 9.51. The molecule has 0 aromatic heterocycles. The first-order chi connectivity index (χ1) is 10.1. The second kappa shape index (κ2) is 4.15. The zero-order chi connectivity index (χ0) is 14.8. The minimum atomic E-state index is -0.509. The zero-order valence-electron chi connectivity index (χ0n) is 11.5. The monoisotopic (exact) mass is 296 g/mol. The van der Waals surface area contributed by atoms with Crippen molar-refractivity contribution in [2.24, 2.45) is 40.7 Å². The van der Waals surface area contributed by atoms with Crippen LogP contribution in [0, 0.1) is 63.1 Å². The molecule has 4 aliphatic rings. The number of rotatable bonds is 1. The number of nitrogens with zero attached hydrogens (tertiary/aromatic N) is 2. The minimum absolute atomic E-state index is 0.189. The van der Waals surface area contributed by atoms with Crippen molar-refractivity contribution in [2.75, 3.05) is 0 Å². The van der Waals surface area contributed by atoms with Crippen LogP contribution in [0.4, 0.5) is 0 Å². The molecule has 1 spiro atoms. The zero-order valence-corrected chi connectivity index (χ0v) is 12.4. The van der Waals surface area contributed by atoms with Gasteiger partial charge in [0.15, 0.2) is 0 Å². The van der Waals surface area contributed by atoms with Gasteiger partial charge in [-0.3, -0.25) is 5.41 Å². The summed E-state index contributed by atoms with van der Waals surface area (Å²) in [6, 6.07) is 4.50. The highest BCUT2D eigenvalue weighted by atomic mass is 32.2. The van der Waals surface area contributed by atoms with Crippen molar-refractivity contribution >= 4 is 16.8 Å². The second-order valence-corrected chi connectivity index (χ2v) is 7.72. The van der Waals surface area contributed by atoms with Gasteiger partial charge in [0.2, 0.25) is 0 Å². The molecule has 0 aromatic carbocycles. The van der Waals surface area contributed by atoms with Crippen LogP contribution < -0.4 is 5.73 Å². The molecule has 106 valence electrons. The molecular formula is C16H16N4S. The number of nitrogens with two attached hydrogens (primary N) is 1. The van der Waals surface area contributed by atoms with E-state index in [0.29, 0.717) is 38.8 Å². The van der Waals surface area contributed by atoms with Crippen LogP contribution >= 0.6 is 11.8 Å². The quantitative estimate of drug-likeness (QED) is 0.727. The van der Waals surface area contributed by atoms with E-state index >= 15 is 0 Å². The molecule has 0 aromatic rings. The van der Waals surface area contributed by atoms with Gasteiger partial charge in [0, 0.05) is 5.92 Å². The third-order valence-corrected chi connectivity index (χ3v) is 6.86. The summed E-state index contributed by atoms with van der Waals surface area (Å²) in [5.41, 5.74) is 6.96. The predicted octanol–water partition coefficient (Wildman–Crippen LogP) is 2.76. The standard InChI is InChI=1S/C16H16N4S/c17-6-10-13(11(7-18)15(20)21-14(10)19)9-5-8-1-2-12(9)16(8)3-4-16/h1-2,8-10,12-13,19H,3-5,20H2/t8-,9+,10+,12+,13-/m1/s1. The number of hydrogen-bond donors (Lipinski definition) is 2. The fourth-order valence-electron chi connectivity index (χ4n) is 4.89. The molecule has 3 aliphatic carbocycles. The lowest BCUT2D eigenvalue weighted by Crippen LogP contribution is -2.35. The number of nitrogens with one attached hydrogen (secondary N) is 1. The summed E-state index contributed by atoms with van der Waals surface area (Å²) >= 11 is 1.08. The molecule has 5 atom stereocenters. The summed E-state index contributed by atoms with van der Waals surface area (Å²) in [7, 11) is 0. The smallest absolute Gasteiger partial charge is 0.102 e. The van der Waals surface area contributed by atoms with Crippen molar-refractivity contribution in [2.45, 2.75) is 19.3 Å². The average molecular weight is 296 g/mol. The molecule has 0 saturated heterocycles. The Labute approximate surface area is 128 Å². The highest BCUT2D eigenvalue weighted by molar-refractivity contribution is 8.17. The summed E-state index contributed by atoms with van der Waals surface area (Å²) < 4.78 is 0. The van der Waals surface area contributed by atoms with Gasteiger partial charge in [-0.25, -0.2) is 0 Å². The lowest BCUT2D eigenvalue weighted by Gasteiger charge is -2.35. The molecule has 0 amide bonds. The van der Waals surface area contributed by atoms with Crippen LogP contribution in [0.5, 0.6) is 0 Å². The van der Waals surface area contributed by atoms with Crippen LogP contribution in [-0.2, 0) is 0 Å². The molecule has 2 fully saturated rings. The average Bonchev–Trinajstić information content (AvgIpc) is 3.13. The topological polar surface area (TPSA) is 97.4 Å². The fraction of sp³-hybridized carbons (Fsp3) is 0.562. The molecule has 0 unspecified atom stereocenters. The largest absolute Gasteiger partial charge is 0.392 e. The Morgan fingerprint density at radius 2 is 2.10 bits per heavy atom. The Morgan fingerprint density at radius 1 is 1.33 bits per heavy atom. The Hall–Kier alpha value is -1.72. The normalized spacial score (nSPS) is 42.2. The molecule has 0 radical (unpaired) electrons. The van der Waals surface area contributed by atoms with Crippen LogP contribution in [0.15, 0.2) is 22.8 Å². The lowest BCUT2D eigenvalue weighted by atomic mass is 9.71. The number of thioether (sulfide) groups is 1. The van der Waals surface area contributed by atoms with E-state index in [1.54, 1.807) is 0 Å².